The number of amides is 2. The number of nitrogens with one attached hydrogen (secondary N) is 1. The molecule has 8 nitrogen and oxygen atoms in total. The minimum absolute atomic E-state index is 0.0454. The third kappa shape index (κ3) is 3.56. The number of fused-ring (bicyclic) bond motifs is 1. The van der Waals surface area contributed by atoms with Crippen LogP contribution >= 0.6 is 22.9 Å². The Balaban J connectivity index is 1.59. The highest BCUT2D eigenvalue weighted by molar-refractivity contribution is 7.94. The SMILES string of the molecule is O=C(ON1C(=O)c2ccccc2C1=O)c1ccccc1NS(=O)(=O)c1ccc(Cl)s1. The number of para-hydroxylation sites is 1. The summed E-state index contributed by atoms with van der Waals surface area (Å²) >= 11 is 6.64. The van der Waals surface area contributed by atoms with Crippen LogP contribution in [0.1, 0.15) is 31.1 Å². The van der Waals surface area contributed by atoms with E-state index in [-0.39, 0.29) is 30.9 Å². The lowest BCUT2D eigenvalue weighted by molar-refractivity contribution is -0.0583. The van der Waals surface area contributed by atoms with Gasteiger partial charge in [0, 0.05) is 0 Å². The van der Waals surface area contributed by atoms with Crippen LogP contribution in [0, 0.1) is 0 Å². The van der Waals surface area contributed by atoms with Crippen molar-refractivity contribution in [3.63, 3.8) is 0 Å². The van der Waals surface area contributed by atoms with Crippen molar-refractivity contribution < 1.29 is 27.6 Å². The zero-order valence-electron chi connectivity index (χ0n) is 14.9. The lowest BCUT2D eigenvalue weighted by Gasteiger charge is -2.15. The number of hydrogen-bond donors (Lipinski definition) is 1. The standard InChI is InChI=1S/C19H11ClN2O6S2/c20-15-9-10-16(29-15)30(26,27)21-14-8-4-3-7-13(14)19(25)28-22-17(23)11-5-1-2-6-12(11)18(22)24/h1-10,21H. The molecule has 0 unspecified atom stereocenters. The molecule has 30 heavy (non-hydrogen) atoms. The second-order valence-corrected chi connectivity index (χ2v) is 9.66. The molecule has 0 bridgehead atoms. The van der Waals surface area contributed by atoms with Crippen LogP contribution in [0.2, 0.25) is 4.34 Å². The molecule has 0 fully saturated rings. The lowest BCUT2D eigenvalue weighted by atomic mass is 10.1. The van der Waals surface area contributed by atoms with Gasteiger partial charge in [-0.25, -0.2) is 13.2 Å². The Morgan fingerprint density at radius 1 is 0.933 bits per heavy atom. The average Bonchev–Trinajstić information content (AvgIpc) is 3.27. The summed E-state index contributed by atoms with van der Waals surface area (Å²) in [6, 6.07) is 14.5. The number of benzene rings is 2. The average molecular weight is 463 g/mol. The highest BCUT2D eigenvalue weighted by Crippen LogP contribution is 2.29. The van der Waals surface area contributed by atoms with Crippen LogP contribution in [0.25, 0.3) is 0 Å². The molecule has 1 aromatic heterocycles. The van der Waals surface area contributed by atoms with Crippen molar-refractivity contribution >= 4 is 56.4 Å². The highest BCUT2D eigenvalue weighted by Gasteiger charge is 2.39. The van der Waals surface area contributed by atoms with Crippen LogP contribution in [-0.4, -0.2) is 31.3 Å². The van der Waals surface area contributed by atoms with Crippen LogP contribution in [0.4, 0.5) is 5.69 Å². The molecular formula is C19H11ClN2O6S2. The summed E-state index contributed by atoms with van der Waals surface area (Å²) in [5, 5.41) is 0.358. The first-order valence-electron chi connectivity index (χ1n) is 8.35. The molecular weight excluding hydrogens is 452 g/mol. The molecule has 0 spiro atoms. The van der Waals surface area contributed by atoms with E-state index in [4.69, 9.17) is 16.4 Å². The molecule has 2 amide bonds. The first-order chi connectivity index (χ1) is 14.3. The van der Waals surface area contributed by atoms with Gasteiger partial charge in [0.2, 0.25) is 0 Å². The van der Waals surface area contributed by atoms with Gasteiger partial charge in [-0.05, 0) is 36.4 Å². The number of imide groups is 1. The number of carbonyl (C=O) groups excluding carboxylic acids is 3. The predicted octanol–water partition coefficient (Wildman–Crippen LogP) is 3.57. The van der Waals surface area contributed by atoms with Crippen LogP contribution in [0.15, 0.2) is 64.9 Å². The van der Waals surface area contributed by atoms with E-state index >= 15 is 0 Å². The molecule has 0 aliphatic carbocycles. The number of anilines is 1. The van der Waals surface area contributed by atoms with E-state index < -0.39 is 27.8 Å². The van der Waals surface area contributed by atoms with Gasteiger partial charge >= 0.3 is 5.97 Å². The van der Waals surface area contributed by atoms with Crippen molar-refractivity contribution in [1.82, 2.24) is 5.06 Å². The number of sulfonamides is 1. The fourth-order valence-electron chi connectivity index (χ4n) is 2.77. The first kappa shape index (κ1) is 20.1. The summed E-state index contributed by atoms with van der Waals surface area (Å²) in [6.45, 7) is 0. The molecule has 0 atom stereocenters. The number of halogens is 1. The van der Waals surface area contributed by atoms with E-state index in [1.807, 2.05) is 0 Å². The van der Waals surface area contributed by atoms with Crippen molar-refractivity contribution in [3.8, 4) is 0 Å². The maximum atomic E-state index is 12.7. The van der Waals surface area contributed by atoms with Gasteiger partial charge < -0.3 is 4.84 Å². The molecule has 0 radical (unpaired) electrons. The molecule has 4 rings (SSSR count). The van der Waals surface area contributed by atoms with E-state index in [0.29, 0.717) is 5.06 Å². The second-order valence-electron chi connectivity index (χ2n) is 6.04. The van der Waals surface area contributed by atoms with Crippen LogP contribution in [0.5, 0.6) is 0 Å². The van der Waals surface area contributed by atoms with Crippen molar-refractivity contribution in [1.29, 1.82) is 0 Å². The Morgan fingerprint density at radius 3 is 2.13 bits per heavy atom. The van der Waals surface area contributed by atoms with Crippen molar-refractivity contribution in [2.45, 2.75) is 4.21 Å². The van der Waals surface area contributed by atoms with Gasteiger partial charge in [-0.2, -0.15) is 0 Å². The Morgan fingerprint density at radius 2 is 1.53 bits per heavy atom. The molecule has 1 N–H and O–H groups in total. The monoisotopic (exact) mass is 462 g/mol. The van der Waals surface area contributed by atoms with Gasteiger partial charge in [0.15, 0.2) is 0 Å². The molecule has 1 aliphatic rings. The number of thiophene rings is 1. The van der Waals surface area contributed by atoms with Crippen molar-refractivity contribution in [2.75, 3.05) is 4.72 Å². The molecule has 2 aromatic carbocycles. The largest absolute Gasteiger partial charge is 0.366 e. The van der Waals surface area contributed by atoms with Gasteiger partial charge in [-0.15, -0.1) is 11.3 Å². The molecule has 0 saturated heterocycles. The van der Waals surface area contributed by atoms with E-state index in [2.05, 4.69) is 4.72 Å². The van der Waals surface area contributed by atoms with E-state index in [0.717, 1.165) is 11.3 Å². The minimum Gasteiger partial charge on any atom is -0.324 e. The van der Waals surface area contributed by atoms with Crippen molar-refractivity contribution in [2.24, 2.45) is 0 Å². The fourth-order valence-corrected chi connectivity index (χ4v) is 5.33. The molecule has 3 aromatic rings. The fraction of sp³-hybridized carbons (Fsp3) is 0. The van der Waals surface area contributed by atoms with E-state index in [9.17, 15) is 22.8 Å². The minimum atomic E-state index is -4.01. The van der Waals surface area contributed by atoms with Gasteiger partial charge in [-0.3, -0.25) is 14.3 Å². The molecule has 0 saturated carbocycles. The second kappa shape index (κ2) is 7.56. The maximum absolute atomic E-state index is 12.7. The summed E-state index contributed by atoms with van der Waals surface area (Å²) < 4.78 is 27.7. The third-order valence-corrected chi connectivity index (χ3v) is 7.22. The quantitative estimate of drug-likeness (QED) is 0.580. The topological polar surface area (TPSA) is 110 Å². The van der Waals surface area contributed by atoms with Gasteiger partial charge in [0.05, 0.1) is 26.7 Å². The lowest BCUT2D eigenvalue weighted by Crippen LogP contribution is -2.33. The third-order valence-electron chi connectivity index (χ3n) is 4.14. The number of hydrogen-bond acceptors (Lipinski definition) is 7. The van der Waals surface area contributed by atoms with Gasteiger partial charge in [0.1, 0.15) is 4.21 Å². The zero-order chi connectivity index (χ0) is 21.5. The zero-order valence-corrected chi connectivity index (χ0v) is 17.3. The normalized spacial score (nSPS) is 13.3. The smallest absolute Gasteiger partial charge is 0.324 e. The molecule has 11 heteroatoms. The number of rotatable bonds is 5. The summed E-state index contributed by atoms with van der Waals surface area (Å²) in [7, 11) is -4.01. The van der Waals surface area contributed by atoms with Crippen LogP contribution < -0.4 is 4.72 Å². The Bertz CT molecular complexity index is 1270. The van der Waals surface area contributed by atoms with Crippen LogP contribution in [0.3, 0.4) is 0 Å². The Hall–Kier alpha value is -3.21. The predicted molar refractivity (Wildman–Crippen MR) is 109 cm³/mol. The highest BCUT2D eigenvalue weighted by atomic mass is 35.5. The molecule has 2 heterocycles. The number of carbonyl (C=O) groups is 3. The van der Waals surface area contributed by atoms with Crippen LogP contribution in [-0.2, 0) is 14.9 Å². The molecule has 1 aliphatic heterocycles. The molecule has 152 valence electrons. The maximum Gasteiger partial charge on any atom is 0.366 e. The number of nitrogens with zero attached hydrogens (tertiary/aromatic N) is 1. The Labute approximate surface area is 179 Å². The van der Waals surface area contributed by atoms with Gasteiger partial charge in [-0.1, -0.05) is 40.9 Å². The summed E-state index contributed by atoms with van der Waals surface area (Å²) in [5.41, 5.74) is -0.0401. The van der Waals surface area contributed by atoms with E-state index in [1.54, 1.807) is 12.1 Å². The summed E-state index contributed by atoms with van der Waals surface area (Å²) in [6.07, 6.45) is 0. The van der Waals surface area contributed by atoms with Crippen molar-refractivity contribution in [3.05, 3.63) is 81.7 Å². The summed E-state index contributed by atoms with van der Waals surface area (Å²) in [5.74, 6) is -2.64. The Kier molecular flexibility index (Phi) is 5.06. The van der Waals surface area contributed by atoms with Gasteiger partial charge in [0.25, 0.3) is 21.8 Å². The number of hydroxylamine groups is 2. The van der Waals surface area contributed by atoms with E-state index in [1.165, 1.54) is 48.5 Å². The first-order valence-corrected chi connectivity index (χ1v) is 11.0. The summed E-state index contributed by atoms with van der Waals surface area (Å²) in [4.78, 5) is 42.4.